The van der Waals surface area contributed by atoms with Gasteiger partial charge in [0.05, 0.1) is 13.7 Å². The van der Waals surface area contributed by atoms with Crippen molar-refractivity contribution in [1.82, 2.24) is 0 Å². The number of carbonyl (C=O) groups excluding carboxylic acids is 1. The molecule has 0 radical (unpaired) electrons. The highest BCUT2D eigenvalue weighted by atomic mass is 16.5. The van der Waals surface area contributed by atoms with E-state index in [9.17, 15) is 4.79 Å². The largest absolute Gasteiger partial charge is 0.497 e. The molecule has 4 nitrogen and oxygen atoms in total. The zero-order valence-electron chi connectivity index (χ0n) is 12.7. The molecule has 1 N–H and O–H groups in total. The summed E-state index contributed by atoms with van der Waals surface area (Å²) < 4.78 is 10.5. The second-order valence-corrected chi connectivity index (χ2v) is 5.76. The van der Waals surface area contributed by atoms with Crippen molar-refractivity contribution in [3.63, 3.8) is 0 Å². The van der Waals surface area contributed by atoms with Crippen molar-refractivity contribution in [1.29, 1.82) is 0 Å². The second kappa shape index (κ2) is 5.35. The van der Waals surface area contributed by atoms with Crippen molar-refractivity contribution in [2.75, 3.05) is 19.0 Å². The molecule has 0 amide bonds. The van der Waals surface area contributed by atoms with Gasteiger partial charge in [0.15, 0.2) is 0 Å². The van der Waals surface area contributed by atoms with Crippen LogP contribution in [0, 0.1) is 5.41 Å². The predicted octanol–water partition coefficient (Wildman–Crippen LogP) is 3.23. The van der Waals surface area contributed by atoms with E-state index < -0.39 is 5.54 Å². The first kappa shape index (κ1) is 14.7. The summed E-state index contributed by atoms with van der Waals surface area (Å²) in [5.74, 6) is 0.574. The van der Waals surface area contributed by atoms with E-state index in [0.717, 1.165) is 24.3 Å². The lowest BCUT2D eigenvalue weighted by Gasteiger charge is -2.35. The van der Waals surface area contributed by atoms with Gasteiger partial charge >= 0.3 is 5.97 Å². The Hall–Kier alpha value is -1.71. The highest BCUT2D eigenvalue weighted by Gasteiger charge is 2.58. The molecule has 4 heteroatoms. The zero-order valence-corrected chi connectivity index (χ0v) is 12.7. The molecule has 110 valence electrons. The maximum absolute atomic E-state index is 12.4. The summed E-state index contributed by atoms with van der Waals surface area (Å²) in [7, 11) is 1.63. The minimum absolute atomic E-state index is 0.0532. The van der Waals surface area contributed by atoms with Gasteiger partial charge in [0.2, 0.25) is 0 Å². The Balaban J connectivity index is 2.26. The Labute approximate surface area is 120 Å². The van der Waals surface area contributed by atoms with Crippen LogP contribution in [-0.2, 0) is 9.53 Å². The van der Waals surface area contributed by atoms with E-state index in [0.29, 0.717) is 6.61 Å². The van der Waals surface area contributed by atoms with Gasteiger partial charge in [-0.05, 0) is 38.8 Å². The Morgan fingerprint density at radius 3 is 2.70 bits per heavy atom. The quantitative estimate of drug-likeness (QED) is 0.811. The number of anilines is 1. The number of rotatable bonds is 6. The van der Waals surface area contributed by atoms with E-state index >= 15 is 0 Å². The normalized spacial score (nSPS) is 18.8. The zero-order chi connectivity index (χ0) is 14.8. The molecule has 0 aromatic heterocycles. The fourth-order valence-corrected chi connectivity index (χ4v) is 2.40. The van der Waals surface area contributed by atoms with Gasteiger partial charge < -0.3 is 14.8 Å². The fourth-order valence-electron chi connectivity index (χ4n) is 2.40. The van der Waals surface area contributed by atoms with Gasteiger partial charge in [0.1, 0.15) is 11.3 Å². The summed E-state index contributed by atoms with van der Waals surface area (Å²) in [4.78, 5) is 12.4. The number of carbonyl (C=O) groups is 1. The molecule has 0 aliphatic heterocycles. The Morgan fingerprint density at radius 1 is 1.45 bits per heavy atom. The van der Waals surface area contributed by atoms with Gasteiger partial charge in [-0.15, -0.1) is 0 Å². The Kier molecular flexibility index (Phi) is 3.93. The van der Waals surface area contributed by atoms with Crippen molar-refractivity contribution >= 4 is 11.7 Å². The van der Waals surface area contributed by atoms with E-state index in [1.54, 1.807) is 7.11 Å². The van der Waals surface area contributed by atoms with Gasteiger partial charge in [0, 0.05) is 17.2 Å². The fraction of sp³-hybridized carbons (Fsp3) is 0.562. The first-order valence-corrected chi connectivity index (χ1v) is 7.04. The number of hydrogen-bond acceptors (Lipinski definition) is 4. The second-order valence-electron chi connectivity index (χ2n) is 5.76. The summed E-state index contributed by atoms with van der Waals surface area (Å²) in [6, 6.07) is 7.61. The SMILES string of the molecule is CCOC(=O)C(C)(Nc1cccc(OC)c1)C1(C)CC1. The highest BCUT2D eigenvalue weighted by Crippen LogP contribution is 2.55. The monoisotopic (exact) mass is 277 g/mol. The standard InChI is InChI=1S/C16H23NO3/c1-5-20-14(18)16(3,15(2)9-10-15)17-12-7-6-8-13(11-12)19-4/h6-8,11,17H,5,9-10H2,1-4H3. The lowest BCUT2D eigenvalue weighted by atomic mass is 9.83. The van der Waals surface area contributed by atoms with Crippen LogP contribution in [0.1, 0.15) is 33.6 Å². The number of esters is 1. The number of methoxy groups -OCH3 is 1. The summed E-state index contributed by atoms with van der Waals surface area (Å²) in [6.07, 6.45) is 2.05. The maximum Gasteiger partial charge on any atom is 0.332 e. The average molecular weight is 277 g/mol. The van der Waals surface area contributed by atoms with Crippen LogP contribution in [0.25, 0.3) is 0 Å². The molecule has 0 heterocycles. The molecule has 20 heavy (non-hydrogen) atoms. The molecule has 1 aliphatic rings. The Morgan fingerprint density at radius 2 is 2.15 bits per heavy atom. The topological polar surface area (TPSA) is 47.6 Å². The Bertz CT molecular complexity index is 496. The van der Waals surface area contributed by atoms with Crippen LogP contribution in [0.15, 0.2) is 24.3 Å². The maximum atomic E-state index is 12.4. The average Bonchev–Trinajstić information content (AvgIpc) is 3.18. The van der Waals surface area contributed by atoms with Crippen LogP contribution >= 0.6 is 0 Å². The van der Waals surface area contributed by atoms with Gasteiger partial charge in [-0.3, -0.25) is 0 Å². The molecule has 1 aromatic rings. The van der Waals surface area contributed by atoms with Crippen molar-refractivity contribution in [2.24, 2.45) is 5.41 Å². The van der Waals surface area contributed by atoms with Crippen LogP contribution in [0.3, 0.4) is 0 Å². The van der Waals surface area contributed by atoms with E-state index in [4.69, 9.17) is 9.47 Å². The molecule has 0 saturated heterocycles. The van der Waals surface area contributed by atoms with E-state index in [-0.39, 0.29) is 11.4 Å². The lowest BCUT2D eigenvalue weighted by molar-refractivity contribution is -0.150. The summed E-state index contributed by atoms with van der Waals surface area (Å²) in [5.41, 5.74) is 0.102. The van der Waals surface area contributed by atoms with Crippen molar-refractivity contribution in [3.8, 4) is 5.75 Å². The number of ether oxygens (including phenoxy) is 2. The van der Waals surface area contributed by atoms with Crippen LogP contribution < -0.4 is 10.1 Å². The smallest absolute Gasteiger partial charge is 0.332 e. The molecule has 1 saturated carbocycles. The van der Waals surface area contributed by atoms with Gasteiger partial charge in [-0.2, -0.15) is 0 Å². The molecule has 2 rings (SSSR count). The first-order valence-electron chi connectivity index (χ1n) is 7.04. The molecule has 1 aliphatic carbocycles. The first-order chi connectivity index (χ1) is 9.45. The van der Waals surface area contributed by atoms with Crippen LogP contribution in [0.5, 0.6) is 5.75 Å². The number of nitrogens with one attached hydrogen (secondary N) is 1. The van der Waals surface area contributed by atoms with Crippen molar-refractivity contribution in [2.45, 2.75) is 39.2 Å². The van der Waals surface area contributed by atoms with Gasteiger partial charge in [0.25, 0.3) is 0 Å². The highest BCUT2D eigenvalue weighted by molar-refractivity contribution is 5.86. The van der Waals surface area contributed by atoms with Crippen LogP contribution in [-0.4, -0.2) is 25.2 Å². The third-order valence-corrected chi connectivity index (χ3v) is 4.35. The summed E-state index contributed by atoms with van der Waals surface area (Å²) >= 11 is 0. The number of benzene rings is 1. The van der Waals surface area contributed by atoms with E-state index in [1.807, 2.05) is 38.1 Å². The van der Waals surface area contributed by atoms with E-state index in [2.05, 4.69) is 12.2 Å². The molecule has 1 fully saturated rings. The minimum atomic E-state index is -0.713. The van der Waals surface area contributed by atoms with Crippen LogP contribution in [0.4, 0.5) is 5.69 Å². The van der Waals surface area contributed by atoms with Gasteiger partial charge in [-0.1, -0.05) is 13.0 Å². The summed E-state index contributed by atoms with van der Waals surface area (Å²) in [5, 5.41) is 3.36. The molecular weight excluding hydrogens is 254 g/mol. The summed E-state index contributed by atoms with van der Waals surface area (Å²) in [6.45, 7) is 6.28. The van der Waals surface area contributed by atoms with E-state index in [1.165, 1.54) is 0 Å². The molecule has 0 spiro atoms. The molecule has 1 atom stereocenters. The molecular formula is C16H23NO3. The molecule has 0 bridgehead atoms. The van der Waals surface area contributed by atoms with Crippen LogP contribution in [0.2, 0.25) is 0 Å². The van der Waals surface area contributed by atoms with Gasteiger partial charge in [-0.25, -0.2) is 4.79 Å². The molecule has 1 aromatic carbocycles. The number of hydrogen-bond donors (Lipinski definition) is 1. The van der Waals surface area contributed by atoms with Crippen molar-refractivity contribution < 1.29 is 14.3 Å². The third-order valence-electron chi connectivity index (χ3n) is 4.35. The molecule has 1 unspecified atom stereocenters. The minimum Gasteiger partial charge on any atom is -0.497 e. The van der Waals surface area contributed by atoms with Crippen molar-refractivity contribution in [3.05, 3.63) is 24.3 Å². The lowest BCUT2D eigenvalue weighted by Crippen LogP contribution is -2.51. The third kappa shape index (κ3) is 2.60. The predicted molar refractivity (Wildman–Crippen MR) is 79.0 cm³/mol.